The van der Waals surface area contributed by atoms with Crippen LogP contribution in [0.3, 0.4) is 0 Å². The third-order valence-electron chi connectivity index (χ3n) is 5.85. The smallest absolute Gasteiger partial charge is 0.165 e. The Balaban J connectivity index is 0. The maximum absolute atomic E-state index is 12.3. The first-order valence-electron chi connectivity index (χ1n) is 14.0. The molecule has 0 bridgehead atoms. The molecule has 0 fully saturated rings. The first-order chi connectivity index (χ1) is 19.9. The van der Waals surface area contributed by atoms with Gasteiger partial charge in [0, 0.05) is 24.2 Å². The number of allylic oxidation sites excluding steroid dienone is 1. The van der Waals surface area contributed by atoms with Gasteiger partial charge in [-0.15, -0.1) is 25.7 Å². The number of hydrogen-bond acceptors (Lipinski definition) is 3. The van der Waals surface area contributed by atoms with Crippen LogP contribution in [0.5, 0.6) is 0 Å². The van der Waals surface area contributed by atoms with E-state index in [1.165, 1.54) is 17.7 Å². The van der Waals surface area contributed by atoms with Crippen molar-refractivity contribution in [3.63, 3.8) is 0 Å². The lowest BCUT2D eigenvalue weighted by Crippen LogP contribution is -2.33. The zero-order valence-corrected chi connectivity index (χ0v) is 28.8. The standard InChI is InChI=1S/C12H12O.C9H19ClSi.C8H9FS.C7H10O/c1-2-6-12(13)10-9-11-7-4-3-5-8-11;1-6-7-11(10,8(2)3)9(4)5;1-10-6-7-2-4-8(9)5-3-7;1-3-5-7(8)6-4-2/h2-5,7-8,12-13H,1,6H2;6,8-9H,1,7H2,2-5H3;2-5H,6H2,1H3;3,7-8H,1,5H2,2H3/t12-;;;/m1.../s1. The van der Waals surface area contributed by atoms with Crippen LogP contribution in [-0.2, 0) is 5.75 Å². The van der Waals surface area contributed by atoms with Crippen molar-refractivity contribution in [3.8, 4) is 23.7 Å². The quantitative estimate of drug-likeness (QED) is 0.119. The van der Waals surface area contributed by atoms with Gasteiger partial charge in [-0.05, 0) is 60.1 Å². The molecule has 2 aromatic carbocycles. The fraction of sp³-hybridized carbons (Fsp3) is 0.389. The summed E-state index contributed by atoms with van der Waals surface area (Å²) < 4.78 is 12.3. The maximum atomic E-state index is 12.3. The molecule has 0 saturated carbocycles. The molecule has 0 saturated heterocycles. The second-order valence-corrected chi connectivity index (χ2v) is 17.4. The molecule has 0 amide bonds. The highest BCUT2D eigenvalue weighted by Gasteiger charge is 2.36. The largest absolute Gasteiger partial charge is 0.380 e. The van der Waals surface area contributed by atoms with Crippen LogP contribution in [0.25, 0.3) is 0 Å². The van der Waals surface area contributed by atoms with Crippen molar-refractivity contribution >= 4 is 30.2 Å². The molecular formula is C36H50ClFO2SSi. The highest BCUT2D eigenvalue weighted by atomic mass is 35.6. The van der Waals surface area contributed by atoms with Crippen LogP contribution in [0, 0.1) is 29.5 Å². The number of rotatable bonds is 10. The van der Waals surface area contributed by atoms with Gasteiger partial charge in [-0.25, -0.2) is 4.39 Å². The summed E-state index contributed by atoms with van der Waals surface area (Å²) in [6.07, 6.45) is 7.26. The van der Waals surface area contributed by atoms with Crippen molar-refractivity contribution in [2.75, 3.05) is 6.26 Å². The summed E-state index contributed by atoms with van der Waals surface area (Å²) in [7, 11) is -1.55. The number of aliphatic hydroxyl groups excluding tert-OH is 2. The zero-order valence-electron chi connectivity index (χ0n) is 26.2. The van der Waals surface area contributed by atoms with Crippen molar-refractivity contribution in [2.45, 2.75) is 82.5 Å². The lowest BCUT2D eigenvalue weighted by atomic mass is 10.2. The normalized spacial score (nSPS) is 11.2. The van der Waals surface area contributed by atoms with Crippen molar-refractivity contribution in [3.05, 3.63) is 110 Å². The Hall–Kier alpha value is -2.51. The average Bonchev–Trinajstić information content (AvgIpc) is 2.95. The second-order valence-electron chi connectivity index (χ2n) is 9.90. The Morgan fingerprint density at radius 2 is 1.36 bits per heavy atom. The summed E-state index contributed by atoms with van der Waals surface area (Å²) in [6.45, 7) is 21.3. The first kappa shape index (κ1) is 41.6. The van der Waals surface area contributed by atoms with E-state index in [4.69, 9.17) is 16.2 Å². The summed E-state index contributed by atoms with van der Waals surface area (Å²) in [5.41, 5.74) is 3.38. The monoisotopic (exact) mass is 628 g/mol. The highest BCUT2D eigenvalue weighted by molar-refractivity contribution is 7.97. The third kappa shape index (κ3) is 21.2. The van der Waals surface area contributed by atoms with Crippen LogP contribution in [0.1, 0.15) is 58.6 Å². The molecule has 0 radical (unpaired) electrons. The molecule has 1 unspecified atom stereocenters. The first-order valence-corrected chi connectivity index (χ1v) is 18.8. The van der Waals surface area contributed by atoms with Gasteiger partial charge in [0.1, 0.15) is 18.0 Å². The summed E-state index contributed by atoms with van der Waals surface area (Å²) in [5, 5.41) is 18.1. The molecule has 2 aromatic rings. The molecule has 2 N–H and O–H groups in total. The van der Waals surface area contributed by atoms with E-state index in [-0.39, 0.29) is 5.82 Å². The number of thioether (sulfide) groups is 1. The maximum Gasteiger partial charge on any atom is 0.165 e. The van der Waals surface area contributed by atoms with E-state index in [0.29, 0.717) is 23.9 Å². The van der Waals surface area contributed by atoms with E-state index in [2.05, 4.69) is 71.1 Å². The van der Waals surface area contributed by atoms with Crippen molar-refractivity contribution < 1.29 is 14.6 Å². The van der Waals surface area contributed by atoms with E-state index < -0.39 is 19.6 Å². The second kappa shape index (κ2) is 26.1. The van der Waals surface area contributed by atoms with Gasteiger partial charge in [-0.2, -0.15) is 22.8 Å². The summed E-state index contributed by atoms with van der Waals surface area (Å²) in [4.78, 5) is 0. The van der Waals surface area contributed by atoms with Crippen LogP contribution < -0.4 is 0 Å². The van der Waals surface area contributed by atoms with Gasteiger partial charge in [0.05, 0.1) is 0 Å². The van der Waals surface area contributed by atoms with E-state index in [9.17, 15) is 9.50 Å². The fourth-order valence-electron chi connectivity index (χ4n) is 3.39. The predicted octanol–water partition coefficient (Wildman–Crippen LogP) is 9.79. The summed E-state index contributed by atoms with van der Waals surface area (Å²) in [6, 6.07) is 17.2. The Labute approximate surface area is 265 Å². The van der Waals surface area contributed by atoms with Gasteiger partial charge >= 0.3 is 0 Å². The number of aliphatic hydroxyl groups is 2. The van der Waals surface area contributed by atoms with E-state index in [1.807, 2.05) is 54.8 Å². The van der Waals surface area contributed by atoms with Gasteiger partial charge in [-0.3, -0.25) is 0 Å². The minimum absolute atomic E-state index is 0.162. The Bertz CT molecular complexity index is 1100. The third-order valence-corrected chi connectivity index (χ3v) is 14.3. The Morgan fingerprint density at radius 3 is 1.74 bits per heavy atom. The molecule has 2 nitrogen and oxygen atoms in total. The van der Waals surface area contributed by atoms with E-state index in [0.717, 1.165) is 17.4 Å². The van der Waals surface area contributed by atoms with Crippen LogP contribution in [0.15, 0.2) is 92.6 Å². The lowest BCUT2D eigenvalue weighted by Gasteiger charge is -2.31. The van der Waals surface area contributed by atoms with Crippen molar-refractivity contribution in [2.24, 2.45) is 0 Å². The van der Waals surface area contributed by atoms with E-state index >= 15 is 0 Å². The predicted molar refractivity (Wildman–Crippen MR) is 189 cm³/mol. The molecule has 230 valence electrons. The molecule has 0 aliphatic heterocycles. The van der Waals surface area contributed by atoms with Crippen molar-refractivity contribution in [1.29, 1.82) is 0 Å². The minimum Gasteiger partial charge on any atom is -0.380 e. The molecule has 0 spiro atoms. The van der Waals surface area contributed by atoms with Crippen LogP contribution in [-0.4, -0.2) is 36.1 Å². The molecule has 0 aliphatic carbocycles. The Morgan fingerprint density at radius 1 is 0.857 bits per heavy atom. The molecule has 0 aliphatic rings. The molecular weight excluding hydrogens is 579 g/mol. The molecule has 6 heteroatoms. The average molecular weight is 629 g/mol. The molecule has 0 aromatic heterocycles. The number of hydrogen-bond donors (Lipinski definition) is 2. The van der Waals surface area contributed by atoms with Gasteiger partial charge in [0.15, 0.2) is 7.38 Å². The topological polar surface area (TPSA) is 40.5 Å². The van der Waals surface area contributed by atoms with Crippen LogP contribution >= 0.6 is 22.8 Å². The lowest BCUT2D eigenvalue weighted by molar-refractivity contribution is 0.236. The number of benzene rings is 2. The SMILES string of the molecule is C=CCC(O)C#CC.C=CC[C@@H](O)C#Cc1ccccc1.C=CC[Si](Cl)(C(C)C)C(C)C.CSCc1ccc(F)cc1. The van der Waals surface area contributed by atoms with Crippen LogP contribution in [0.4, 0.5) is 4.39 Å². The fourth-order valence-corrected chi connectivity index (χ4v) is 6.97. The van der Waals surface area contributed by atoms with Gasteiger partial charge in [-0.1, -0.05) is 94.0 Å². The Kier molecular flexibility index (Phi) is 25.9. The van der Waals surface area contributed by atoms with Gasteiger partial charge in [0.25, 0.3) is 0 Å². The van der Waals surface area contributed by atoms with Crippen LogP contribution in [0.2, 0.25) is 17.1 Å². The molecule has 2 rings (SSSR count). The molecule has 42 heavy (non-hydrogen) atoms. The summed E-state index contributed by atoms with van der Waals surface area (Å²) in [5.74, 6) is 11.6. The molecule has 2 atom stereocenters. The van der Waals surface area contributed by atoms with Gasteiger partial charge in [0.2, 0.25) is 0 Å². The minimum atomic E-state index is -1.55. The van der Waals surface area contributed by atoms with Crippen molar-refractivity contribution in [1.82, 2.24) is 0 Å². The van der Waals surface area contributed by atoms with E-state index in [1.54, 1.807) is 30.8 Å². The highest BCUT2D eigenvalue weighted by Crippen LogP contribution is 2.39. The van der Waals surface area contributed by atoms with Gasteiger partial charge < -0.3 is 10.2 Å². The zero-order chi connectivity index (χ0) is 32.4. The number of halogens is 2. The molecule has 0 heterocycles. The summed E-state index contributed by atoms with van der Waals surface area (Å²) >= 11 is 8.31.